The largest absolute Gasteiger partial charge is 0.494 e. The van der Waals surface area contributed by atoms with Crippen LogP contribution in [-0.2, 0) is 11.8 Å². The first kappa shape index (κ1) is 28.6. The fourth-order valence-corrected chi connectivity index (χ4v) is 4.65. The van der Waals surface area contributed by atoms with Crippen LogP contribution in [0.2, 0.25) is 0 Å². The maximum atomic E-state index is 12.3. The molecule has 1 amide bonds. The molecule has 0 aliphatic rings. The smallest absolute Gasteiger partial charge is 0.247 e. The van der Waals surface area contributed by atoms with Crippen molar-refractivity contribution in [3.8, 4) is 17.0 Å². The molecule has 0 unspecified atom stereocenters. The van der Waals surface area contributed by atoms with Crippen molar-refractivity contribution in [3.63, 3.8) is 0 Å². The third-order valence-electron chi connectivity index (χ3n) is 6.96. The third kappa shape index (κ3) is 6.60. The zero-order valence-corrected chi connectivity index (χ0v) is 24.1. The number of likely N-dealkylation sites (N-methyl/N-ethyl adjacent to an activating group) is 2. The first-order valence-corrected chi connectivity index (χ1v) is 13.5. The minimum atomic E-state index is -0.292. The zero-order chi connectivity index (χ0) is 28.6. The van der Waals surface area contributed by atoms with E-state index in [0.29, 0.717) is 23.1 Å². The van der Waals surface area contributed by atoms with Crippen LogP contribution in [0.3, 0.4) is 0 Å². The summed E-state index contributed by atoms with van der Waals surface area (Å²) in [5, 5.41) is 7.37. The summed E-state index contributed by atoms with van der Waals surface area (Å²) in [5.74, 6) is 0.736. The maximum Gasteiger partial charge on any atom is 0.247 e. The second-order valence-electron chi connectivity index (χ2n) is 9.90. The van der Waals surface area contributed by atoms with Gasteiger partial charge in [0.2, 0.25) is 11.9 Å². The molecule has 4 aromatic rings. The number of carbonyl (C=O) groups excluding carboxylic acids is 1. The van der Waals surface area contributed by atoms with E-state index in [1.54, 1.807) is 13.3 Å². The number of aromatic nitrogens is 3. The number of methoxy groups -OCH3 is 1. The number of amides is 1. The normalized spacial score (nSPS) is 11.1. The minimum absolute atomic E-state index is 0.292. The molecule has 0 saturated heterocycles. The number of anilines is 4. The van der Waals surface area contributed by atoms with Crippen molar-refractivity contribution < 1.29 is 9.53 Å². The standard InChI is InChI=1S/C31H39N7O2/c1-7-9-16-36(3)17-18-37(4)28-20-29(40-6)26(19-25(28)33-30(39)8-2)35-31-32-15-14-24(34-31)23-21-38(5)27-13-11-10-12-22(23)27/h8,10-15,19-21H,2,7,9,16-18H2,1,3-6H3,(H,33,39)(H,32,34,35). The molecule has 9 nitrogen and oxygen atoms in total. The highest BCUT2D eigenvalue weighted by atomic mass is 16.5. The minimum Gasteiger partial charge on any atom is -0.494 e. The zero-order valence-electron chi connectivity index (χ0n) is 24.1. The summed E-state index contributed by atoms with van der Waals surface area (Å²) in [6, 6.07) is 13.9. The quantitative estimate of drug-likeness (QED) is 0.211. The molecule has 0 aliphatic heterocycles. The number of rotatable bonds is 13. The van der Waals surface area contributed by atoms with Gasteiger partial charge in [0, 0.05) is 62.1 Å². The molecule has 0 saturated carbocycles. The van der Waals surface area contributed by atoms with Crippen molar-refractivity contribution in [2.24, 2.45) is 7.05 Å². The number of hydrogen-bond donors (Lipinski definition) is 2. The highest BCUT2D eigenvalue weighted by Crippen LogP contribution is 2.38. The molecule has 2 N–H and O–H groups in total. The molecule has 0 atom stereocenters. The molecule has 0 bridgehead atoms. The van der Waals surface area contributed by atoms with Gasteiger partial charge in [0.05, 0.1) is 29.9 Å². The van der Waals surface area contributed by atoms with Crippen LogP contribution < -0.4 is 20.3 Å². The number of nitrogens with zero attached hydrogens (tertiary/aromatic N) is 5. The lowest BCUT2D eigenvalue weighted by Crippen LogP contribution is -2.32. The van der Waals surface area contributed by atoms with E-state index in [-0.39, 0.29) is 5.91 Å². The van der Waals surface area contributed by atoms with Gasteiger partial charge in [-0.2, -0.15) is 0 Å². The number of ether oxygens (including phenoxy) is 1. The monoisotopic (exact) mass is 541 g/mol. The maximum absolute atomic E-state index is 12.3. The summed E-state index contributed by atoms with van der Waals surface area (Å²) in [5.41, 5.74) is 5.07. The van der Waals surface area contributed by atoms with Gasteiger partial charge in [0.25, 0.3) is 0 Å². The molecule has 0 radical (unpaired) electrons. The van der Waals surface area contributed by atoms with Crippen LogP contribution in [0.25, 0.3) is 22.2 Å². The molecule has 0 spiro atoms. The first-order chi connectivity index (χ1) is 19.3. The van der Waals surface area contributed by atoms with E-state index in [2.05, 4.69) is 68.9 Å². The molecule has 2 heterocycles. The van der Waals surface area contributed by atoms with E-state index in [1.807, 2.05) is 44.4 Å². The van der Waals surface area contributed by atoms with Crippen molar-refractivity contribution in [1.82, 2.24) is 19.4 Å². The summed E-state index contributed by atoms with van der Waals surface area (Å²) >= 11 is 0. The second-order valence-corrected chi connectivity index (χ2v) is 9.90. The number of carbonyl (C=O) groups is 1. The Bertz CT molecular complexity index is 1480. The molecule has 4 rings (SSSR count). The lowest BCUT2D eigenvalue weighted by molar-refractivity contribution is -0.111. The van der Waals surface area contributed by atoms with Gasteiger partial charge in [-0.3, -0.25) is 4.79 Å². The molecule has 9 heteroatoms. The Kier molecular flexibility index (Phi) is 9.39. The van der Waals surface area contributed by atoms with Crippen molar-refractivity contribution in [2.45, 2.75) is 19.8 Å². The van der Waals surface area contributed by atoms with Crippen LogP contribution in [0.15, 0.2) is 67.5 Å². The Hall–Kier alpha value is -4.37. The summed E-state index contributed by atoms with van der Waals surface area (Å²) in [6.45, 7) is 8.53. The number of benzene rings is 2. The molecular weight excluding hydrogens is 502 g/mol. The van der Waals surface area contributed by atoms with Gasteiger partial charge in [-0.05, 0) is 44.3 Å². The highest BCUT2D eigenvalue weighted by molar-refractivity contribution is 6.02. The van der Waals surface area contributed by atoms with Gasteiger partial charge in [0.1, 0.15) is 5.75 Å². The molecular formula is C31H39N7O2. The topological polar surface area (TPSA) is 87.5 Å². The number of unbranched alkanes of at least 4 members (excludes halogenated alkanes) is 1. The van der Waals surface area contributed by atoms with Crippen LogP contribution in [0.1, 0.15) is 19.8 Å². The molecule has 40 heavy (non-hydrogen) atoms. The van der Waals surface area contributed by atoms with E-state index in [4.69, 9.17) is 9.72 Å². The van der Waals surface area contributed by atoms with Crippen LogP contribution >= 0.6 is 0 Å². The average molecular weight is 542 g/mol. The predicted octanol–water partition coefficient (Wildman–Crippen LogP) is 5.68. The fraction of sp³-hybridized carbons (Fsp3) is 0.323. The van der Waals surface area contributed by atoms with E-state index < -0.39 is 0 Å². The Morgan fingerprint density at radius 3 is 2.67 bits per heavy atom. The summed E-state index contributed by atoms with van der Waals surface area (Å²) < 4.78 is 7.85. The number of hydrogen-bond acceptors (Lipinski definition) is 7. The summed E-state index contributed by atoms with van der Waals surface area (Å²) in [4.78, 5) is 26.0. The fourth-order valence-electron chi connectivity index (χ4n) is 4.65. The van der Waals surface area contributed by atoms with Crippen molar-refractivity contribution in [2.75, 3.05) is 56.4 Å². The van der Waals surface area contributed by atoms with Gasteiger partial charge in [-0.1, -0.05) is 38.1 Å². The van der Waals surface area contributed by atoms with Gasteiger partial charge in [-0.25, -0.2) is 9.97 Å². The van der Waals surface area contributed by atoms with E-state index in [9.17, 15) is 4.79 Å². The van der Waals surface area contributed by atoms with Crippen LogP contribution in [0.5, 0.6) is 5.75 Å². The van der Waals surface area contributed by atoms with E-state index in [1.165, 1.54) is 12.5 Å². The van der Waals surface area contributed by atoms with Crippen molar-refractivity contribution >= 4 is 39.8 Å². The summed E-state index contributed by atoms with van der Waals surface area (Å²) in [7, 11) is 7.79. The lowest BCUT2D eigenvalue weighted by Gasteiger charge is -2.27. The summed E-state index contributed by atoms with van der Waals surface area (Å²) in [6.07, 6.45) is 7.40. The molecule has 2 aromatic carbocycles. The van der Waals surface area contributed by atoms with Crippen LogP contribution in [0.4, 0.5) is 23.0 Å². The van der Waals surface area contributed by atoms with Crippen LogP contribution in [0, 0.1) is 0 Å². The highest BCUT2D eigenvalue weighted by Gasteiger charge is 2.17. The van der Waals surface area contributed by atoms with Crippen molar-refractivity contribution in [1.29, 1.82) is 0 Å². The van der Waals surface area contributed by atoms with Gasteiger partial charge in [-0.15, -0.1) is 0 Å². The third-order valence-corrected chi connectivity index (χ3v) is 6.96. The Labute approximate surface area is 236 Å². The number of nitrogens with one attached hydrogen (secondary N) is 2. The number of fused-ring (bicyclic) bond motifs is 1. The first-order valence-electron chi connectivity index (χ1n) is 13.5. The average Bonchev–Trinajstić information content (AvgIpc) is 3.31. The Morgan fingerprint density at radius 2 is 1.93 bits per heavy atom. The second kappa shape index (κ2) is 13.1. The number of aryl methyl sites for hydroxylation is 1. The van der Waals surface area contributed by atoms with Gasteiger partial charge < -0.3 is 29.7 Å². The van der Waals surface area contributed by atoms with E-state index in [0.717, 1.165) is 53.9 Å². The van der Waals surface area contributed by atoms with Gasteiger partial charge in [0.15, 0.2) is 0 Å². The lowest BCUT2D eigenvalue weighted by atomic mass is 10.1. The predicted molar refractivity (Wildman–Crippen MR) is 165 cm³/mol. The Balaban J connectivity index is 1.64. The molecule has 210 valence electrons. The van der Waals surface area contributed by atoms with Gasteiger partial charge >= 0.3 is 0 Å². The molecule has 0 fully saturated rings. The van der Waals surface area contributed by atoms with Crippen molar-refractivity contribution in [3.05, 3.63) is 67.5 Å². The molecule has 0 aliphatic carbocycles. The molecule has 2 aromatic heterocycles. The SMILES string of the molecule is C=CC(=O)Nc1cc(Nc2nccc(-c3cn(C)c4ccccc34)n2)c(OC)cc1N(C)CCN(C)CCCC. The number of para-hydroxylation sites is 1. The Morgan fingerprint density at radius 1 is 1.12 bits per heavy atom. The van der Waals surface area contributed by atoms with E-state index >= 15 is 0 Å². The van der Waals surface area contributed by atoms with Crippen LogP contribution in [-0.4, -0.2) is 66.2 Å².